The van der Waals surface area contributed by atoms with Crippen molar-refractivity contribution in [2.45, 2.75) is 45.4 Å². The number of rotatable bonds is 4. The molecule has 0 unspecified atom stereocenters. The summed E-state index contributed by atoms with van der Waals surface area (Å²) in [6.07, 6.45) is 3.20. The first-order valence-corrected chi connectivity index (χ1v) is 10.7. The highest BCUT2D eigenvalue weighted by molar-refractivity contribution is 5.71. The lowest BCUT2D eigenvalue weighted by molar-refractivity contribution is 0.331. The van der Waals surface area contributed by atoms with Crippen molar-refractivity contribution in [1.29, 1.82) is 0 Å². The highest BCUT2D eigenvalue weighted by atomic mass is 19.2. The molecule has 168 valence electrons. The Balaban J connectivity index is 1.75. The van der Waals surface area contributed by atoms with E-state index < -0.39 is 29.1 Å². The van der Waals surface area contributed by atoms with E-state index in [1.54, 1.807) is 12.1 Å². The average molecular weight is 446 g/mol. The Morgan fingerprint density at radius 3 is 2.06 bits per heavy atom. The lowest BCUT2D eigenvalue weighted by atomic mass is 9.79. The van der Waals surface area contributed by atoms with Crippen molar-refractivity contribution < 1.29 is 26.7 Å². The van der Waals surface area contributed by atoms with Crippen LogP contribution in [0.25, 0.3) is 11.1 Å². The van der Waals surface area contributed by atoms with Crippen molar-refractivity contribution in [1.82, 2.24) is 0 Å². The van der Waals surface area contributed by atoms with Crippen LogP contribution >= 0.6 is 0 Å². The first-order valence-electron chi connectivity index (χ1n) is 10.7. The Morgan fingerprint density at radius 2 is 1.41 bits per heavy atom. The Labute approximate surface area is 183 Å². The van der Waals surface area contributed by atoms with Crippen LogP contribution in [0.15, 0.2) is 42.5 Å². The van der Waals surface area contributed by atoms with Crippen LogP contribution in [0.2, 0.25) is 0 Å². The van der Waals surface area contributed by atoms with Gasteiger partial charge in [0.05, 0.1) is 0 Å². The third-order valence-corrected chi connectivity index (χ3v) is 6.21. The summed E-state index contributed by atoms with van der Waals surface area (Å²) in [7, 11) is 0. The van der Waals surface area contributed by atoms with Crippen molar-refractivity contribution in [3.63, 3.8) is 0 Å². The monoisotopic (exact) mass is 446 g/mol. The lowest BCUT2D eigenvalue weighted by Gasteiger charge is -2.28. The summed E-state index contributed by atoms with van der Waals surface area (Å²) in [5, 5.41) is 0. The summed E-state index contributed by atoms with van der Waals surface area (Å²) in [5.41, 5.74) is 0.577. The van der Waals surface area contributed by atoms with Crippen molar-refractivity contribution in [3.05, 3.63) is 82.7 Å². The van der Waals surface area contributed by atoms with Crippen LogP contribution in [0, 0.1) is 41.9 Å². The van der Waals surface area contributed by atoms with E-state index in [0.717, 1.165) is 25.0 Å². The molecule has 1 nitrogen and oxygen atoms in total. The molecule has 0 atom stereocenters. The van der Waals surface area contributed by atoms with Crippen molar-refractivity contribution in [3.8, 4) is 22.6 Å². The predicted molar refractivity (Wildman–Crippen MR) is 113 cm³/mol. The Bertz CT molecular complexity index is 1130. The van der Waals surface area contributed by atoms with Gasteiger partial charge in [0.15, 0.2) is 29.0 Å². The van der Waals surface area contributed by atoms with Crippen LogP contribution in [0.3, 0.4) is 0 Å². The minimum Gasteiger partial charge on any atom is -0.453 e. The molecule has 0 amide bonds. The van der Waals surface area contributed by atoms with E-state index in [2.05, 4.69) is 6.92 Å². The summed E-state index contributed by atoms with van der Waals surface area (Å²) >= 11 is 0. The van der Waals surface area contributed by atoms with Crippen LogP contribution in [-0.2, 0) is 0 Å². The number of aryl methyl sites for hydroxylation is 1. The number of ether oxygens (including phenoxy) is 1. The van der Waals surface area contributed by atoms with Gasteiger partial charge in [0.2, 0.25) is 0 Å². The molecule has 1 saturated carbocycles. The maximum Gasteiger partial charge on any atom is 0.194 e. The number of halogens is 5. The molecule has 6 heteroatoms. The average Bonchev–Trinajstić information content (AvgIpc) is 2.76. The molecule has 0 bridgehead atoms. The number of para-hydroxylation sites is 1. The fourth-order valence-electron chi connectivity index (χ4n) is 4.40. The third kappa shape index (κ3) is 4.23. The summed E-state index contributed by atoms with van der Waals surface area (Å²) in [6.45, 7) is 3.67. The van der Waals surface area contributed by atoms with Gasteiger partial charge in [-0.1, -0.05) is 38.0 Å². The maximum atomic E-state index is 15.5. The molecule has 1 fully saturated rings. The van der Waals surface area contributed by atoms with E-state index in [9.17, 15) is 17.6 Å². The number of hydrogen-bond acceptors (Lipinski definition) is 1. The van der Waals surface area contributed by atoms with E-state index in [1.165, 1.54) is 25.1 Å². The Kier molecular flexibility index (Phi) is 6.22. The van der Waals surface area contributed by atoms with E-state index in [4.69, 9.17) is 4.74 Å². The molecule has 0 spiro atoms. The van der Waals surface area contributed by atoms with Gasteiger partial charge in [0.25, 0.3) is 0 Å². The van der Waals surface area contributed by atoms with Crippen LogP contribution in [0.4, 0.5) is 22.0 Å². The molecule has 4 rings (SSSR count). The predicted octanol–water partition coefficient (Wildman–Crippen LogP) is 8.44. The van der Waals surface area contributed by atoms with Crippen molar-refractivity contribution >= 4 is 0 Å². The summed E-state index contributed by atoms with van der Waals surface area (Å²) < 4.78 is 77.1. The van der Waals surface area contributed by atoms with Gasteiger partial charge in [0, 0.05) is 11.1 Å². The SMILES string of the molecule is Cc1cc(F)c(C2CCC(C)CC2)c(F)c1Oc1ccccc1-c1cc(F)c(F)c(F)c1. The highest BCUT2D eigenvalue weighted by Gasteiger charge is 2.28. The van der Waals surface area contributed by atoms with Gasteiger partial charge in [-0.15, -0.1) is 0 Å². The zero-order valence-electron chi connectivity index (χ0n) is 17.8. The topological polar surface area (TPSA) is 9.23 Å². The third-order valence-electron chi connectivity index (χ3n) is 6.21. The fraction of sp³-hybridized carbons (Fsp3) is 0.308. The normalized spacial score (nSPS) is 18.6. The molecule has 0 radical (unpaired) electrons. The molecule has 3 aromatic rings. The van der Waals surface area contributed by atoms with Crippen LogP contribution in [0.5, 0.6) is 11.5 Å². The van der Waals surface area contributed by atoms with E-state index >= 15 is 4.39 Å². The molecule has 1 aliphatic rings. The molecule has 1 aliphatic carbocycles. The second kappa shape index (κ2) is 8.93. The first kappa shape index (κ1) is 22.3. The van der Waals surface area contributed by atoms with Gasteiger partial charge in [-0.2, -0.15) is 0 Å². The minimum absolute atomic E-state index is 0.0221. The van der Waals surface area contributed by atoms with Crippen molar-refractivity contribution in [2.24, 2.45) is 5.92 Å². The van der Waals surface area contributed by atoms with Gasteiger partial charge in [0.1, 0.15) is 11.6 Å². The van der Waals surface area contributed by atoms with Gasteiger partial charge in [-0.3, -0.25) is 0 Å². The van der Waals surface area contributed by atoms with Crippen LogP contribution < -0.4 is 4.74 Å². The van der Waals surface area contributed by atoms with Gasteiger partial charge < -0.3 is 4.74 Å². The molecule has 0 saturated heterocycles. The van der Waals surface area contributed by atoms with Crippen molar-refractivity contribution in [2.75, 3.05) is 0 Å². The van der Waals surface area contributed by atoms with Crippen LogP contribution in [-0.4, -0.2) is 0 Å². The summed E-state index contributed by atoms with van der Waals surface area (Å²) in [6, 6.07) is 9.23. The van der Waals surface area contributed by atoms with Crippen LogP contribution in [0.1, 0.15) is 49.7 Å². The number of benzene rings is 3. The Morgan fingerprint density at radius 1 is 0.781 bits per heavy atom. The smallest absolute Gasteiger partial charge is 0.194 e. The first-order chi connectivity index (χ1) is 15.3. The second-order valence-electron chi connectivity index (χ2n) is 8.54. The zero-order chi connectivity index (χ0) is 23.0. The highest BCUT2D eigenvalue weighted by Crippen LogP contribution is 2.43. The largest absolute Gasteiger partial charge is 0.453 e. The number of hydrogen-bond donors (Lipinski definition) is 0. The van der Waals surface area contributed by atoms with E-state index in [1.807, 2.05) is 0 Å². The summed E-state index contributed by atoms with van der Waals surface area (Å²) in [4.78, 5) is 0. The lowest BCUT2D eigenvalue weighted by Crippen LogP contribution is -2.14. The van der Waals surface area contributed by atoms with Gasteiger partial charge in [-0.05, 0) is 67.0 Å². The second-order valence-corrected chi connectivity index (χ2v) is 8.54. The maximum absolute atomic E-state index is 15.5. The standard InChI is InChI=1S/C26H23F5O/c1-14-7-9-16(10-8-14)23-19(27)11-15(2)26(25(23)31)32-22-6-4-3-5-18(22)17-12-20(28)24(30)21(29)13-17/h3-6,11-14,16H,7-10H2,1-2H3. The minimum atomic E-state index is -1.57. The molecule has 0 aliphatic heterocycles. The molecular weight excluding hydrogens is 423 g/mol. The van der Waals surface area contributed by atoms with E-state index in [0.29, 0.717) is 18.8 Å². The molecule has 0 N–H and O–H groups in total. The quantitative estimate of drug-likeness (QED) is 0.289. The summed E-state index contributed by atoms with van der Waals surface area (Å²) in [5.74, 6) is -5.31. The van der Waals surface area contributed by atoms with Gasteiger partial charge >= 0.3 is 0 Å². The molecule has 32 heavy (non-hydrogen) atoms. The van der Waals surface area contributed by atoms with E-state index in [-0.39, 0.29) is 39.7 Å². The Hall–Kier alpha value is -2.89. The fourth-order valence-corrected chi connectivity index (χ4v) is 4.40. The van der Waals surface area contributed by atoms with Gasteiger partial charge in [-0.25, -0.2) is 22.0 Å². The molecule has 0 aromatic heterocycles. The molecule has 0 heterocycles. The molecule has 3 aromatic carbocycles. The zero-order valence-corrected chi connectivity index (χ0v) is 17.8. The molecular formula is C26H23F5O.